The van der Waals surface area contributed by atoms with Crippen molar-refractivity contribution in [3.8, 4) is 0 Å². The number of esters is 1. The van der Waals surface area contributed by atoms with Crippen molar-refractivity contribution in [1.82, 2.24) is 4.90 Å². The number of ether oxygens (including phenoxy) is 1. The summed E-state index contributed by atoms with van der Waals surface area (Å²) in [6.07, 6.45) is 7.49. The van der Waals surface area contributed by atoms with Crippen LogP contribution in [0.4, 0.5) is 0 Å². The number of piperidine rings is 1. The average molecular weight is 350 g/mol. The van der Waals surface area contributed by atoms with Gasteiger partial charge in [0.15, 0.2) is 0 Å². The van der Waals surface area contributed by atoms with Crippen molar-refractivity contribution in [3.63, 3.8) is 0 Å². The maximum atomic E-state index is 12.7. The van der Waals surface area contributed by atoms with Crippen LogP contribution in [-0.4, -0.2) is 35.6 Å². The highest BCUT2D eigenvalue weighted by atomic mass is 35.5. The lowest BCUT2D eigenvalue weighted by atomic mass is 9.67. The summed E-state index contributed by atoms with van der Waals surface area (Å²) in [5.74, 6) is 0.120. The Morgan fingerprint density at radius 3 is 2.62 bits per heavy atom. The lowest BCUT2D eigenvalue weighted by molar-refractivity contribution is -0.107. The second-order valence-electron chi connectivity index (χ2n) is 7.09. The number of hydrogen-bond acceptors (Lipinski definition) is 3. The number of benzene rings is 1. The van der Waals surface area contributed by atoms with Gasteiger partial charge in [0, 0.05) is 24.4 Å². The van der Waals surface area contributed by atoms with Gasteiger partial charge in [-0.25, -0.2) is 4.79 Å². The summed E-state index contributed by atoms with van der Waals surface area (Å²) in [6.45, 7) is 6.28. The van der Waals surface area contributed by atoms with E-state index in [1.165, 1.54) is 19.3 Å². The predicted molar refractivity (Wildman–Crippen MR) is 99.6 cm³/mol. The molecule has 1 aliphatic heterocycles. The Morgan fingerprint density at radius 2 is 1.96 bits per heavy atom. The molecule has 4 heteroatoms. The monoisotopic (exact) mass is 349 g/mol. The zero-order chi connectivity index (χ0) is 16.4. The van der Waals surface area contributed by atoms with Crippen LogP contribution in [0.3, 0.4) is 0 Å². The fourth-order valence-electron chi connectivity index (χ4n) is 4.45. The summed E-state index contributed by atoms with van der Waals surface area (Å²) in [4.78, 5) is 15.1. The Labute approximate surface area is 151 Å². The molecular weight excluding hydrogens is 322 g/mol. The van der Waals surface area contributed by atoms with E-state index in [0.717, 1.165) is 12.8 Å². The fraction of sp³-hybridized carbons (Fsp3) is 0.550. The molecule has 0 spiro atoms. The predicted octanol–water partition coefficient (Wildman–Crippen LogP) is 4.47. The van der Waals surface area contributed by atoms with E-state index in [-0.39, 0.29) is 18.4 Å². The number of likely N-dealkylation sites (tertiary alicyclic amines) is 1. The Bertz CT molecular complexity index is 576. The van der Waals surface area contributed by atoms with Crippen LogP contribution in [-0.2, 0) is 4.74 Å². The lowest BCUT2D eigenvalue weighted by Crippen LogP contribution is -2.61. The minimum Gasteiger partial charge on any atom is -0.451 e. The first-order valence-electron chi connectivity index (χ1n) is 8.71. The zero-order valence-corrected chi connectivity index (χ0v) is 15.4. The van der Waals surface area contributed by atoms with Gasteiger partial charge in [-0.15, -0.1) is 12.4 Å². The number of carbonyl (C=O) groups excluding carboxylic acids is 1. The summed E-state index contributed by atoms with van der Waals surface area (Å²) in [6, 6.07) is 10.2. The largest absolute Gasteiger partial charge is 0.451 e. The fourth-order valence-corrected chi connectivity index (χ4v) is 4.45. The standard InChI is InChI=1S/C20H27NO2.ClH/c1-4-20(23-19(22)16-10-6-5-7-11-16)14-15(2)21(3)18-13-9-8-12-17(18)20;/h4-7,10-11,15,17-18H,1,8-9,12-14H2,2-3H3;1H/t15-,17+,18+,20-;/m1./s1. The maximum Gasteiger partial charge on any atom is 0.339 e. The van der Waals surface area contributed by atoms with E-state index in [4.69, 9.17) is 4.74 Å². The number of nitrogens with zero attached hydrogens (tertiary/aromatic N) is 1. The van der Waals surface area contributed by atoms with Crippen molar-refractivity contribution in [2.45, 2.75) is 56.7 Å². The van der Waals surface area contributed by atoms with Gasteiger partial charge in [-0.2, -0.15) is 0 Å². The third-order valence-electron chi connectivity index (χ3n) is 5.83. The highest BCUT2D eigenvalue weighted by Gasteiger charge is 2.51. The smallest absolute Gasteiger partial charge is 0.339 e. The number of halogens is 1. The van der Waals surface area contributed by atoms with Crippen LogP contribution in [0.25, 0.3) is 0 Å². The Balaban J connectivity index is 0.00000208. The van der Waals surface area contributed by atoms with Crippen molar-refractivity contribution in [2.75, 3.05) is 7.05 Å². The van der Waals surface area contributed by atoms with Crippen molar-refractivity contribution < 1.29 is 9.53 Å². The van der Waals surface area contributed by atoms with Crippen LogP contribution in [0.5, 0.6) is 0 Å². The Kier molecular flexibility index (Phi) is 6.11. The van der Waals surface area contributed by atoms with Crippen molar-refractivity contribution in [2.24, 2.45) is 5.92 Å². The van der Waals surface area contributed by atoms with E-state index in [1.807, 2.05) is 36.4 Å². The van der Waals surface area contributed by atoms with Gasteiger partial charge in [0.05, 0.1) is 5.56 Å². The highest BCUT2D eigenvalue weighted by molar-refractivity contribution is 5.89. The van der Waals surface area contributed by atoms with Gasteiger partial charge >= 0.3 is 5.97 Å². The van der Waals surface area contributed by atoms with Gasteiger partial charge in [-0.05, 0) is 45.0 Å². The summed E-state index contributed by atoms with van der Waals surface area (Å²) < 4.78 is 6.12. The van der Waals surface area contributed by atoms with Gasteiger partial charge in [0.2, 0.25) is 0 Å². The molecule has 1 aliphatic carbocycles. The minimum absolute atomic E-state index is 0. The van der Waals surface area contributed by atoms with Crippen LogP contribution >= 0.6 is 12.4 Å². The van der Waals surface area contributed by atoms with Crippen LogP contribution in [0.1, 0.15) is 49.4 Å². The first kappa shape index (κ1) is 19.0. The normalized spacial score (nSPS) is 33.0. The topological polar surface area (TPSA) is 29.5 Å². The van der Waals surface area contributed by atoms with Gasteiger partial charge in [0.1, 0.15) is 5.60 Å². The third kappa shape index (κ3) is 3.38. The molecule has 1 saturated carbocycles. The molecule has 0 radical (unpaired) electrons. The molecule has 1 heterocycles. The molecule has 3 nitrogen and oxygen atoms in total. The quantitative estimate of drug-likeness (QED) is 0.595. The van der Waals surface area contributed by atoms with Gasteiger partial charge in [-0.3, -0.25) is 0 Å². The first-order chi connectivity index (χ1) is 11.1. The van der Waals surface area contributed by atoms with Crippen LogP contribution < -0.4 is 0 Å². The second-order valence-corrected chi connectivity index (χ2v) is 7.09. The lowest BCUT2D eigenvalue weighted by Gasteiger charge is -2.54. The average Bonchev–Trinajstić information content (AvgIpc) is 2.60. The molecule has 0 aromatic heterocycles. The molecule has 1 aromatic carbocycles. The molecular formula is C20H28ClNO2. The zero-order valence-electron chi connectivity index (χ0n) is 14.6. The summed E-state index contributed by atoms with van der Waals surface area (Å²) >= 11 is 0. The Hall–Kier alpha value is -1.32. The van der Waals surface area contributed by atoms with Gasteiger partial charge < -0.3 is 9.64 Å². The van der Waals surface area contributed by atoms with Crippen LogP contribution in [0, 0.1) is 5.92 Å². The van der Waals surface area contributed by atoms with E-state index in [0.29, 0.717) is 23.6 Å². The third-order valence-corrected chi connectivity index (χ3v) is 5.83. The first-order valence-corrected chi connectivity index (χ1v) is 8.71. The van der Waals surface area contributed by atoms with E-state index >= 15 is 0 Å². The van der Waals surface area contributed by atoms with Crippen molar-refractivity contribution >= 4 is 18.4 Å². The van der Waals surface area contributed by atoms with Crippen LogP contribution in [0.15, 0.2) is 43.0 Å². The summed E-state index contributed by atoms with van der Waals surface area (Å²) in [7, 11) is 2.21. The molecule has 0 amide bonds. The highest BCUT2D eigenvalue weighted by Crippen LogP contribution is 2.46. The van der Waals surface area contributed by atoms with Crippen molar-refractivity contribution in [3.05, 3.63) is 48.6 Å². The SMILES string of the molecule is C=C[C@@]1(OC(=O)c2ccccc2)C[C@@H](C)N(C)[C@H]2CCCC[C@@H]21.Cl. The van der Waals surface area contributed by atoms with Crippen LogP contribution in [0.2, 0.25) is 0 Å². The summed E-state index contributed by atoms with van der Waals surface area (Å²) in [5.41, 5.74) is 0.0804. The molecule has 0 N–H and O–H groups in total. The second kappa shape index (κ2) is 7.71. The molecule has 3 rings (SSSR count). The minimum atomic E-state index is -0.538. The molecule has 24 heavy (non-hydrogen) atoms. The molecule has 1 aromatic rings. The van der Waals surface area contributed by atoms with E-state index < -0.39 is 5.60 Å². The van der Waals surface area contributed by atoms with Crippen molar-refractivity contribution in [1.29, 1.82) is 0 Å². The van der Waals surface area contributed by atoms with E-state index in [2.05, 4.69) is 25.5 Å². The number of fused-ring (bicyclic) bond motifs is 1. The Morgan fingerprint density at radius 1 is 1.29 bits per heavy atom. The molecule has 2 aliphatic rings. The molecule has 4 atom stereocenters. The molecule has 132 valence electrons. The molecule has 0 bridgehead atoms. The number of carbonyl (C=O) groups is 1. The molecule has 2 fully saturated rings. The number of rotatable bonds is 3. The van der Waals surface area contributed by atoms with E-state index in [1.54, 1.807) is 0 Å². The van der Waals surface area contributed by atoms with Gasteiger partial charge in [-0.1, -0.05) is 37.6 Å². The molecule has 1 saturated heterocycles. The van der Waals surface area contributed by atoms with Gasteiger partial charge in [0.25, 0.3) is 0 Å². The molecule has 0 unspecified atom stereocenters. The maximum absolute atomic E-state index is 12.7. The van der Waals surface area contributed by atoms with E-state index in [9.17, 15) is 4.79 Å². The summed E-state index contributed by atoms with van der Waals surface area (Å²) in [5, 5.41) is 0. The number of hydrogen-bond donors (Lipinski definition) is 0.